The number of halogens is 2. The Labute approximate surface area is 119 Å². The van der Waals surface area contributed by atoms with Crippen LogP contribution in [0.15, 0.2) is 18.2 Å². The van der Waals surface area contributed by atoms with E-state index in [2.05, 4.69) is 22.6 Å². The van der Waals surface area contributed by atoms with Crippen molar-refractivity contribution in [3.05, 3.63) is 32.4 Å². The molecule has 1 unspecified atom stereocenters. The molecule has 17 heavy (non-hydrogen) atoms. The van der Waals surface area contributed by atoms with Crippen LogP contribution in [0.3, 0.4) is 0 Å². The highest BCUT2D eigenvalue weighted by atomic mass is 127. The fraction of sp³-hybridized carbons (Fsp3) is 0.417. The lowest BCUT2D eigenvalue weighted by Crippen LogP contribution is -2.37. The molecule has 1 saturated heterocycles. The van der Waals surface area contributed by atoms with Crippen LogP contribution in [-0.2, 0) is 4.74 Å². The smallest absolute Gasteiger partial charge is 0.253 e. The van der Waals surface area contributed by atoms with Gasteiger partial charge in [0.15, 0.2) is 0 Å². The second-order valence-corrected chi connectivity index (χ2v) is 5.63. The third-order valence-electron chi connectivity index (χ3n) is 2.94. The van der Waals surface area contributed by atoms with Crippen molar-refractivity contribution >= 4 is 40.1 Å². The summed E-state index contributed by atoms with van der Waals surface area (Å²) in [6.45, 7) is 1.36. The molecule has 0 spiro atoms. The van der Waals surface area contributed by atoms with Crippen molar-refractivity contribution in [2.45, 2.75) is 12.5 Å². The van der Waals surface area contributed by atoms with Gasteiger partial charge >= 0.3 is 0 Å². The molecule has 1 aliphatic heterocycles. The van der Waals surface area contributed by atoms with Crippen LogP contribution in [0.2, 0.25) is 5.02 Å². The number of rotatable bonds is 2. The number of hydrogen-bond donors (Lipinski definition) is 0. The summed E-state index contributed by atoms with van der Waals surface area (Å²) in [6, 6.07) is 5.57. The highest BCUT2D eigenvalue weighted by Crippen LogP contribution is 2.21. The summed E-state index contributed by atoms with van der Waals surface area (Å²) in [6.07, 6.45) is 0.903. The topological polar surface area (TPSA) is 29.5 Å². The normalized spacial score (nSPS) is 19.4. The second-order valence-electron chi connectivity index (χ2n) is 4.06. The minimum atomic E-state index is -0.00111. The molecule has 1 aromatic rings. The zero-order valence-electron chi connectivity index (χ0n) is 9.45. The predicted molar refractivity (Wildman–Crippen MR) is 75.5 cm³/mol. The van der Waals surface area contributed by atoms with Crippen LogP contribution in [-0.4, -0.2) is 37.1 Å². The summed E-state index contributed by atoms with van der Waals surface area (Å²) in [7, 11) is 1.81. The molecule has 0 saturated carbocycles. The van der Waals surface area contributed by atoms with Gasteiger partial charge in [-0.05, 0) is 47.2 Å². The Kier molecular flexibility index (Phi) is 4.27. The van der Waals surface area contributed by atoms with E-state index in [0.717, 1.165) is 16.6 Å². The van der Waals surface area contributed by atoms with Gasteiger partial charge in [0, 0.05) is 22.8 Å². The Balaban J connectivity index is 2.15. The predicted octanol–water partition coefficient (Wildman–Crippen LogP) is 2.81. The fourth-order valence-electron chi connectivity index (χ4n) is 1.83. The second kappa shape index (κ2) is 5.54. The van der Waals surface area contributed by atoms with Gasteiger partial charge in [0.1, 0.15) is 0 Å². The lowest BCUT2D eigenvalue weighted by Gasteiger charge is -2.23. The van der Waals surface area contributed by atoms with Gasteiger partial charge in [-0.25, -0.2) is 0 Å². The number of nitrogens with zero attached hydrogens (tertiary/aromatic N) is 1. The maximum Gasteiger partial charge on any atom is 0.253 e. The molecule has 1 amide bonds. The van der Waals surface area contributed by atoms with E-state index in [9.17, 15) is 4.79 Å². The molecule has 1 aliphatic rings. The maximum atomic E-state index is 12.2. The van der Waals surface area contributed by atoms with Gasteiger partial charge in [0.25, 0.3) is 5.91 Å². The molecule has 1 fully saturated rings. The average Bonchev–Trinajstić information content (AvgIpc) is 2.84. The lowest BCUT2D eigenvalue weighted by molar-refractivity contribution is 0.0711. The van der Waals surface area contributed by atoms with Crippen LogP contribution in [0.25, 0.3) is 0 Å². The van der Waals surface area contributed by atoms with Gasteiger partial charge in [0.2, 0.25) is 0 Å². The highest BCUT2D eigenvalue weighted by molar-refractivity contribution is 14.1. The van der Waals surface area contributed by atoms with Crippen LogP contribution in [0.5, 0.6) is 0 Å². The summed E-state index contributed by atoms with van der Waals surface area (Å²) in [5.41, 5.74) is 0.629. The van der Waals surface area contributed by atoms with Crippen LogP contribution in [0.4, 0.5) is 0 Å². The zero-order valence-corrected chi connectivity index (χ0v) is 12.4. The third kappa shape index (κ3) is 2.92. The van der Waals surface area contributed by atoms with E-state index in [1.165, 1.54) is 0 Å². The number of amides is 1. The number of benzene rings is 1. The van der Waals surface area contributed by atoms with Crippen LogP contribution < -0.4 is 0 Å². The number of likely N-dealkylation sites (N-methyl/N-ethyl adjacent to an activating group) is 1. The highest BCUT2D eigenvalue weighted by Gasteiger charge is 2.25. The largest absolute Gasteiger partial charge is 0.379 e. The van der Waals surface area contributed by atoms with Crippen molar-refractivity contribution in [1.29, 1.82) is 0 Å². The molecule has 3 nitrogen and oxygen atoms in total. The zero-order chi connectivity index (χ0) is 12.4. The summed E-state index contributed by atoms with van der Waals surface area (Å²) < 4.78 is 6.24. The van der Waals surface area contributed by atoms with Crippen molar-refractivity contribution in [3.8, 4) is 0 Å². The van der Waals surface area contributed by atoms with Crippen molar-refractivity contribution in [2.24, 2.45) is 0 Å². The van der Waals surface area contributed by atoms with Gasteiger partial charge < -0.3 is 9.64 Å². The van der Waals surface area contributed by atoms with Gasteiger partial charge in [-0.15, -0.1) is 0 Å². The molecule has 1 heterocycles. The van der Waals surface area contributed by atoms with Gasteiger partial charge in [0.05, 0.1) is 17.7 Å². The first kappa shape index (κ1) is 13.1. The first-order chi connectivity index (χ1) is 8.09. The maximum absolute atomic E-state index is 12.2. The summed E-state index contributed by atoms with van der Waals surface area (Å²) in [5.74, 6) is -0.00111. The Morgan fingerprint density at radius 3 is 2.94 bits per heavy atom. The first-order valence-corrected chi connectivity index (χ1v) is 6.85. The molecule has 92 valence electrons. The Morgan fingerprint density at radius 1 is 1.59 bits per heavy atom. The SMILES string of the molecule is CN(C(=O)c1ccc(I)c(Cl)c1)C1CCOC1. The number of carbonyl (C=O) groups is 1. The molecule has 1 aromatic carbocycles. The monoisotopic (exact) mass is 365 g/mol. The van der Waals surface area contributed by atoms with Crippen molar-refractivity contribution in [2.75, 3.05) is 20.3 Å². The Hall–Kier alpha value is -0.330. The van der Waals surface area contributed by atoms with Crippen LogP contribution in [0, 0.1) is 3.57 Å². The summed E-state index contributed by atoms with van der Waals surface area (Å²) >= 11 is 8.16. The molecule has 1 atom stereocenters. The Bertz CT molecular complexity index is 433. The molecule has 2 rings (SSSR count). The summed E-state index contributed by atoms with van der Waals surface area (Å²) in [5, 5.41) is 0.618. The van der Waals surface area contributed by atoms with E-state index in [-0.39, 0.29) is 11.9 Å². The average molecular weight is 366 g/mol. The molecule has 0 aromatic heterocycles. The van der Waals surface area contributed by atoms with Crippen molar-refractivity contribution in [3.63, 3.8) is 0 Å². The van der Waals surface area contributed by atoms with E-state index in [4.69, 9.17) is 16.3 Å². The quantitative estimate of drug-likeness (QED) is 0.754. The fourth-order valence-corrected chi connectivity index (χ4v) is 2.34. The van der Waals surface area contributed by atoms with E-state index >= 15 is 0 Å². The van der Waals surface area contributed by atoms with E-state index in [1.54, 1.807) is 11.0 Å². The summed E-state index contributed by atoms with van der Waals surface area (Å²) in [4.78, 5) is 13.9. The van der Waals surface area contributed by atoms with E-state index < -0.39 is 0 Å². The molecule has 0 aliphatic carbocycles. The van der Waals surface area contributed by atoms with Crippen LogP contribution in [0.1, 0.15) is 16.8 Å². The third-order valence-corrected chi connectivity index (χ3v) is 4.51. The number of hydrogen-bond acceptors (Lipinski definition) is 2. The molecular formula is C12H13ClINO2. The van der Waals surface area contributed by atoms with E-state index in [0.29, 0.717) is 17.2 Å². The van der Waals surface area contributed by atoms with E-state index in [1.807, 2.05) is 19.2 Å². The number of ether oxygens (including phenoxy) is 1. The Morgan fingerprint density at radius 2 is 2.35 bits per heavy atom. The molecule has 0 bridgehead atoms. The van der Waals surface area contributed by atoms with Crippen molar-refractivity contribution in [1.82, 2.24) is 4.90 Å². The van der Waals surface area contributed by atoms with Gasteiger partial charge in [-0.1, -0.05) is 11.6 Å². The lowest BCUT2D eigenvalue weighted by atomic mass is 10.1. The first-order valence-electron chi connectivity index (χ1n) is 5.39. The molecular weight excluding hydrogens is 352 g/mol. The van der Waals surface area contributed by atoms with Gasteiger partial charge in [-0.2, -0.15) is 0 Å². The van der Waals surface area contributed by atoms with Gasteiger partial charge in [-0.3, -0.25) is 4.79 Å². The molecule has 0 radical (unpaired) electrons. The number of carbonyl (C=O) groups excluding carboxylic acids is 1. The van der Waals surface area contributed by atoms with Crippen molar-refractivity contribution < 1.29 is 9.53 Å². The minimum Gasteiger partial charge on any atom is -0.379 e. The minimum absolute atomic E-state index is 0.00111. The standard InChI is InChI=1S/C12H13ClINO2/c1-15(9-4-5-17-7-9)12(16)8-2-3-11(14)10(13)6-8/h2-3,6,9H,4-5,7H2,1H3. The van der Waals surface area contributed by atoms with Crippen LogP contribution >= 0.6 is 34.2 Å². The molecule has 5 heteroatoms. The molecule has 0 N–H and O–H groups in total.